The van der Waals surface area contributed by atoms with E-state index in [1.165, 1.54) is 53.5 Å². The van der Waals surface area contributed by atoms with Gasteiger partial charge in [-0.1, -0.05) is 18.2 Å². The minimum absolute atomic E-state index is 0.874. The van der Waals surface area contributed by atoms with Gasteiger partial charge in [-0.15, -0.1) is 10.2 Å². The number of benzene rings is 3. The fraction of sp³-hybridized carbons (Fsp3) is 0.333. The molecule has 0 spiro atoms. The molecule has 9 heteroatoms. The number of halogens is 1. The molecule has 0 aromatic heterocycles. The van der Waals surface area contributed by atoms with E-state index in [1.54, 1.807) is 0 Å². The third-order valence-electron chi connectivity index (χ3n) is 6.34. The van der Waals surface area contributed by atoms with Crippen molar-refractivity contribution in [2.75, 3.05) is 32.1 Å². The summed E-state index contributed by atoms with van der Waals surface area (Å²) in [5.74, 6) is 0.874. The Kier molecular flexibility index (Phi) is 5.50. The zero-order chi connectivity index (χ0) is 23.3. The van der Waals surface area contributed by atoms with Gasteiger partial charge in [0.05, 0.1) is 11.5 Å². The highest BCUT2D eigenvalue weighted by Crippen LogP contribution is 2.41. The van der Waals surface area contributed by atoms with Crippen molar-refractivity contribution in [2.24, 2.45) is 0 Å². The Hall–Kier alpha value is -2.75. The van der Waals surface area contributed by atoms with Crippen LogP contribution < -0.4 is 33.5 Å². The van der Waals surface area contributed by atoms with E-state index < -0.39 is 10.2 Å². The first-order valence-electron chi connectivity index (χ1n) is 10.9. The number of aromatic nitrogens is 1. The second-order valence-corrected chi connectivity index (χ2v) is 9.44. The molecule has 0 saturated heterocycles. The maximum absolute atomic E-state index is 8.49. The van der Waals surface area contributed by atoms with Crippen LogP contribution in [0.2, 0.25) is 0 Å². The topological polar surface area (TPSA) is 125 Å². The molecule has 0 N–H and O–H groups in total. The summed E-state index contributed by atoms with van der Waals surface area (Å²) in [4.78, 5) is 7.70. The first-order valence-corrected chi connectivity index (χ1v) is 12.1. The van der Waals surface area contributed by atoms with Gasteiger partial charge in [0, 0.05) is 29.7 Å². The average Bonchev–Trinajstić information content (AvgIpc) is 2.77. The first-order chi connectivity index (χ1) is 15.7. The van der Waals surface area contributed by atoms with Crippen LogP contribution in [-0.4, -0.2) is 32.2 Å². The fourth-order valence-electron chi connectivity index (χ4n) is 5.12. The summed E-state index contributed by atoms with van der Waals surface area (Å²) in [5.41, 5.74) is 7.20. The highest BCUT2D eigenvalue weighted by atomic mass is 35.7. The summed E-state index contributed by atoms with van der Waals surface area (Å²) in [6.45, 7) is 2.34. The lowest BCUT2D eigenvalue weighted by atomic mass is 9.91. The van der Waals surface area contributed by atoms with E-state index in [0.717, 1.165) is 40.8 Å². The van der Waals surface area contributed by atoms with Crippen molar-refractivity contribution in [3.05, 3.63) is 52.9 Å². The van der Waals surface area contributed by atoms with Crippen molar-refractivity contribution in [3.8, 4) is 11.5 Å². The Morgan fingerprint density at radius 3 is 2.33 bits per heavy atom. The molecule has 172 valence electrons. The van der Waals surface area contributed by atoms with Crippen molar-refractivity contribution >= 4 is 27.6 Å². The second kappa shape index (κ2) is 8.23. The van der Waals surface area contributed by atoms with Gasteiger partial charge in [-0.3, -0.25) is 0 Å². The Morgan fingerprint density at radius 2 is 1.64 bits per heavy atom. The van der Waals surface area contributed by atoms with Crippen LogP contribution in [0.15, 0.2) is 40.8 Å². The van der Waals surface area contributed by atoms with E-state index in [-0.39, 0.29) is 0 Å². The molecule has 6 rings (SSSR count). The zero-order valence-electron chi connectivity index (χ0n) is 18.5. The third kappa shape index (κ3) is 4.16. The molecule has 0 atom stereocenters. The summed E-state index contributed by atoms with van der Waals surface area (Å²) >= 11 is 0. The first kappa shape index (κ1) is 22.1. The van der Waals surface area contributed by atoms with E-state index in [9.17, 15) is 0 Å². The Balaban J connectivity index is 0.000000416. The summed E-state index contributed by atoms with van der Waals surface area (Å²) in [5, 5.41) is 3.54. The molecule has 0 unspecified atom stereocenters. The molecular formula is C24H24ClN3O5. The highest BCUT2D eigenvalue weighted by molar-refractivity contribution is 5.97. The molecule has 4 aliphatic rings. The molecule has 3 heterocycles. The predicted molar refractivity (Wildman–Crippen MR) is 114 cm³/mol. The number of aryl methyl sites for hydroxylation is 2. The Bertz CT molecular complexity index is 1400. The lowest BCUT2D eigenvalue weighted by Gasteiger charge is -2.37. The number of hydrogen-bond acceptors (Lipinski definition) is 7. The van der Waals surface area contributed by atoms with Gasteiger partial charge in [0.15, 0.2) is 11.3 Å². The minimum Gasteiger partial charge on any atom is -0.452 e. The average molecular weight is 470 g/mol. The van der Waals surface area contributed by atoms with E-state index in [2.05, 4.69) is 60.0 Å². The van der Waals surface area contributed by atoms with Crippen molar-refractivity contribution in [2.45, 2.75) is 25.7 Å². The van der Waals surface area contributed by atoms with Crippen LogP contribution in [0.4, 0.5) is 5.69 Å². The number of fused-ring (bicyclic) bond motifs is 5. The summed E-state index contributed by atoms with van der Waals surface area (Å²) in [7, 11) is -0.778. The highest BCUT2D eigenvalue weighted by Gasteiger charge is 2.28. The Morgan fingerprint density at radius 1 is 0.970 bits per heavy atom. The maximum Gasteiger partial charge on any atom is 0.211 e. The summed E-state index contributed by atoms with van der Waals surface area (Å²) in [6.07, 6.45) is 4.66. The number of anilines is 1. The number of hydrogen-bond donors (Lipinski definition) is 0. The number of nitrogens with zero attached hydrogens (tertiary/aromatic N) is 3. The second-order valence-electron chi connectivity index (χ2n) is 8.68. The quantitative estimate of drug-likeness (QED) is 0.185. The van der Waals surface area contributed by atoms with E-state index >= 15 is 0 Å². The fourth-order valence-corrected chi connectivity index (χ4v) is 5.12. The third-order valence-corrected chi connectivity index (χ3v) is 6.34. The standard InChI is InChI=1S/C24H24N3O.ClHO4/c1-26(2)20-14-21-22(17-9-4-3-8-16(17)20)25-19-13-15-7-5-11-27-12-6-10-18(23(15)27)24(19)28-21;2-1(3,4)5/h3-4,8-9,13-14H,5-7,10-12H2,1-2H3;(H,2,3,4,5)/q+1;/p-1. The van der Waals surface area contributed by atoms with Crippen LogP contribution >= 0.6 is 0 Å². The van der Waals surface area contributed by atoms with Crippen LogP contribution in [0.1, 0.15) is 24.0 Å². The molecule has 0 saturated carbocycles. The van der Waals surface area contributed by atoms with Crippen LogP contribution in [0, 0.1) is 10.2 Å². The van der Waals surface area contributed by atoms with Gasteiger partial charge in [-0.05, 0) is 43.4 Å². The molecular weight excluding hydrogens is 446 g/mol. The van der Waals surface area contributed by atoms with Crippen LogP contribution in [0.25, 0.3) is 33.3 Å². The van der Waals surface area contributed by atoms with Crippen molar-refractivity contribution in [1.29, 1.82) is 0 Å². The molecule has 0 radical (unpaired) electrons. The van der Waals surface area contributed by atoms with Crippen LogP contribution in [-0.2, 0) is 12.8 Å². The van der Waals surface area contributed by atoms with E-state index in [1.807, 2.05) is 0 Å². The monoisotopic (exact) mass is 469 g/mol. The smallest absolute Gasteiger partial charge is 0.211 e. The molecule has 2 aromatic carbocycles. The molecule has 0 amide bonds. The SMILES string of the molecule is C[N+](C)=c1cc2oc3c4c5c(cc3nc-2c2ccccc12)CCCN5CCC4.[O-][Cl+3]([O-])([O-])[O-]. The largest absolute Gasteiger partial charge is 0.452 e. The zero-order valence-corrected chi connectivity index (χ0v) is 19.2. The predicted octanol–water partition coefficient (Wildman–Crippen LogP) is -0.940. The van der Waals surface area contributed by atoms with Crippen molar-refractivity contribution in [1.82, 2.24) is 9.56 Å². The van der Waals surface area contributed by atoms with Gasteiger partial charge >= 0.3 is 0 Å². The molecule has 8 nitrogen and oxygen atoms in total. The molecule has 3 aliphatic heterocycles. The van der Waals surface area contributed by atoms with Crippen molar-refractivity contribution in [3.63, 3.8) is 0 Å². The van der Waals surface area contributed by atoms with Gasteiger partial charge in [0.25, 0.3) is 0 Å². The van der Waals surface area contributed by atoms with Crippen LogP contribution in [0.3, 0.4) is 0 Å². The molecule has 33 heavy (non-hydrogen) atoms. The lowest BCUT2D eigenvalue weighted by Crippen LogP contribution is -2.68. The van der Waals surface area contributed by atoms with Gasteiger partial charge in [-0.25, -0.2) is 28.2 Å². The van der Waals surface area contributed by atoms with Gasteiger partial charge in [-0.2, -0.15) is 0 Å². The van der Waals surface area contributed by atoms with E-state index in [0.29, 0.717) is 0 Å². The lowest BCUT2D eigenvalue weighted by molar-refractivity contribution is -2.00. The molecule has 1 aliphatic carbocycles. The van der Waals surface area contributed by atoms with Crippen LogP contribution in [0.5, 0.6) is 0 Å². The maximum atomic E-state index is 8.49. The normalized spacial score (nSPS) is 15.4. The molecule has 0 bridgehead atoms. The van der Waals surface area contributed by atoms with Gasteiger partial charge < -0.3 is 9.32 Å². The van der Waals surface area contributed by atoms with Crippen molar-refractivity contribution < 1.29 is 33.3 Å². The van der Waals surface area contributed by atoms with Gasteiger partial charge in [0.2, 0.25) is 5.36 Å². The van der Waals surface area contributed by atoms with Gasteiger partial charge in [0.1, 0.15) is 25.3 Å². The summed E-state index contributed by atoms with van der Waals surface area (Å²) in [6, 6.07) is 12.9. The molecule has 2 aromatic rings. The van der Waals surface area contributed by atoms with E-state index in [4.69, 9.17) is 28.0 Å². The minimum atomic E-state index is -4.94. The summed E-state index contributed by atoms with van der Waals surface area (Å²) < 4.78 is 42.7. The Labute approximate surface area is 192 Å². The number of rotatable bonds is 0. The molecule has 0 fully saturated rings.